The maximum Gasteiger partial charge on any atom is 0.338 e. The number of fused-ring (bicyclic) bond motifs is 1. The van der Waals surface area contributed by atoms with Crippen molar-refractivity contribution in [2.24, 2.45) is 0 Å². The van der Waals surface area contributed by atoms with E-state index >= 15 is 0 Å². The number of aromatic hydroxyl groups is 1. The first kappa shape index (κ1) is 31.5. The number of halogens is 1. The fraction of sp³-hybridized carbons (Fsp3) is 0.471. The molecule has 0 aliphatic carbocycles. The minimum absolute atomic E-state index is 0.101. The van der Waals surface area contributed by atoms with Crippen molar-refractivity contribution in [3.8, 4) is 5.75 Å². The van der Waals surface area contributed by atoms with Gasteiger partial charge in [0.05, 0.1) is 28.4 Å². The second-order valence-corrected chi connectivity index (χ2v) is 11.0. The summed E-state index contributed by atoms with van der Waals surface area (Å²) >= 11 is 6.28. The van der Waals surface area contributed by atoms with Crippen molar-refractivity contribution in [2.45, 2.75) is 96.8 Å². The van der Waals surface area contributed by atoms with E-state index in [4.69, 9.17) is 16.3 Å². The second-order valence-electron chi connectivity index (χ2n) is 10.6. The predicted octanol–water partition coefficient (Wildman–Crippen LogP) is 10.1. The molecule has 0 spiro atoms. The van der Waals surface area contributed by atoms with E-state index in [-0.39, 0.29) is 22.0 Å². The molecule has 0 saturated carbocycles. The topological polar surface area (TPSA) is 75.6 Å². The lowest BCUT2D eigenvalue weighted by Gasteiger charge is -2.12. The normalized spacial score (nSPS) is 11.1. The summed E-state index contributed by atoms with van der Waals surface area (Å²) in [7, 11) is 0. The van der Waals surface area contributed by atoms with E-state index in [2.05, 4.69) is 12.2 Å². The molecule has 5 nitrogen and oxygen atoms in total. The maximum absolute atomic E-state index is 12.9. The zero-order valence-electron chi connectivity index (χ0n) is 23.9. The number of rotatable bonds is 18. The van der Waals surface area contributed by atoms with Crippen LogP contribution in [0.4, 0.5) is 5.69 Å². The summed E-state index contributed by atoms with van der Waals surface area (Å²) in [4.78, 5) is 25.5. The summed E-state index contributed by atoms with van der Waals surface area (Å²) < 4.78 is 5.45. The largest absolute Gasteiger partial charge is 0.506 e. The van der Waals surface area contributed by atoms with Crippen LogP contribution < -0.4 is 5.32 Å². The third-order valence-electron chi connectivity index (χ3n) is 7.33. The number of unbranched alkanes of at least 4 members (excludes halogenated alkanes) is 13. The molecule has 0 aromatic heterocycles. The highest BCUT2D eigenvalue weighted by molar-refractivity contribution is 6.34. The van der Waals surface area contributed by atoms with Crippen LogP contribution in [0.2, 0.25) is 5.02 Å². The molecule has 3 aromatic carbocycles. The van der Waals surface area contributed by atoms with Gasteiger partial charge in [0, 0.05) is 5.39 Å². The number of esters is 1. The summed E-state index contributed by atoms with van der Waals surface area (Å²) in [5, 5.41) is 15.0. The molecule has 0 aliphatic heterocycles. The number of phenols is 1. The molecule has 216 valence electrons. The molecule has 2 N–H and O–H groups in total. The molecule has 3 rings (SSSR count). The first-order valence-corrected chi connectivity index (χ1v) is 15.4. The number of phenolic OH excluding ortho intramolecular Hbond substituents is 1. The average molecular weight is 566 g/mol. The Hall–Kier alpha value is -3.05. The number of benzene rings is 3. The van der Waals surface area contributed by atoms with Gasteiger partial charge >= 0.3 is 5.97 Å². The highest BCUT2D eigenvalue weighted by Gasteiger charge is 2.17. The van der Waals surface area contributed by atoms with Gasteiger partial charge in [-0.25, -0.2) is 4.79 Å². The molecule has 40 heavy (non-hydrogen) atoms. The molecule has 0 fully saturated rings. The number of ether oxygens (including phenoxy) is 1. The number of hydrogen-bond donors (Lipinski definition) is 2. The van der Waals surface area contributed by atoms with Crippen LogP contribution in [0.25, 0.3) is 10.8 Å². The number of anilines is 1. The Morgan fingerprint density at radius 1 is 0.775 bits per heavy atom. The third-order valence-corrected chi connectivity index (χ3v) is 7.66. The first-order chi connectivity index (χ1) is 19.5. The zero-order valence-corrected chi connectivity index (χ0v) is 24.6. The van der Waals surface area contributed by atoms with Crippen LogP contribution >= 0.6 is 11.6 Å². The SMILES string of the molecule is CCCCCCCCCCCCCCCCOC(=O)c1ccc(Cl)c(NC(=O)c2ccc3ccccc3c2O)c1. The molecular weight excluding hydrogens is 522 g/mol. The number of amides is 1. The smallest absolute Gasteiger partial charge is 0.338 e. The summed E-state index contributed by atoms with van der Waals surface area (Å²) in [6.45, 7) is 2.63. The summed E-state index contributed by atoms with van der Waals surface area (Å²) in [5.74, 6) is -1.07. The third kappa shape index (κ3) is 10.2. The van der Waals surface area contributed by atoms with Gasteiger partial charge in [-0.3, -0.25) is 4.79 Å². The van der Waals surface area contributed by atoms with Gasteiger partial charge in [-0.15, -0.1) is 0 Å². The second kappa shape index (κ2) is 17.6. The average Bonchev–Trinajstić information content (AvgIpc) is 2.96. The Morgan fingerprint density at radius 3 is 2.02 bits per heavy atom. The van der Waals surface area contributed by atoms with Crippen molar-refractivity contribution in [3.05, 3.63) is 70.7 Å². The molecule has 3 aromatic rings. The molecule has 0 saturated heterocycles. The van der Waals surface area contributed by atoms with Crippen LogP contribution in [0, 0.1) is 0 Å². The molecule has 6 heteroatoms. The summed E-state index contributed by atoms with van der Waals surface area (Å²) in [5.41, 5.74) is 0.721. The molecule has 0 unspecified atom stereocenters. The van der Waals surface area contributed by atoms with E-state index in [0.717, 1.165) is 24.6 Å². The molecule has 0 atom stereocenters. The Balaban J connectivity index is 1.34. The Bertz CT molecular complexity index is 1230. The lowest BCUT2D eigenvalue weighted by Crippen LogP contribution is -2.14. The Kier molecular flexibility index (Phi) is 13.9. The van der Waals surface area contributed by atoms with Crippen molar-refractivity contribution in [3.63, 3.8) is 0 Å². The maximum atomic E-state index is 12.9. The van der Waals surface area contributed by atoms with Gasteiger partial charge in [-0.2, -0.15) is 0 Å². The van der Waals surface area contributed by atoms with Gasteiger partial charge in [-0.1, -0.05) is 132 Å². The quantitative estimate of drug-likeness (QED) is 0.119. The van der Waals surface area contributed by atoms with Crippen molar-refractivity contribution in [1.82, 2.24) is 0 Å². The van der Waals surface area contributed by atoms with Gasteiger partial charge < -0.3 is 15.2 Å². The number of carbonyl (C=O) groups is 2. The molecule has 0 radical (unpaired) electrons. The van der Waals surface area contributed by atoms with Crippen molar-refractivity contribution >= 4 is 39.9 Å². The number of carbonyl (C=O) groups excluding carboxylic acids is 2. The van der Waals surface area contributed by atoms with E-state index in [1.54, 1.807) is 36.4 Å². The van der Waals surface area contributed by atoms with E-state index in [1.807, 2.05) is 12.1 Å². The zero-order chi connectivity index (χ0) is 28.6. The molecule has 0 heterocycles. The van der Waals surface area contributed by atoms with Crippen LogP contribution in [-0.2, 0) is 4.74 Å². The summed E-state index contributed by atoms with van der Waals surface area (Å²) in [6, 6.07) is 15.3. The lowest BCUT2D eigenvalue weighted by atomic mass is 10.0. The molecule has 0 bridgehead atoms. The Morgan fingerprint density at radius 2 is 1.38 bits per heavy atom. The monoisotopic (exact) mass is 565 g/mol. The van der Waals surface area contributed by atoms with Gasteiger partial charge in [0.1, 0.15) is 5.75 Å². The van der Waals surface area contributed by atoms with Crippen LogP contribution in [0.15, 0.2) is 54.6 Å². The molecular formula is C34H44ClNO4. The van der Waals surface area contributed by atoms with Gasteiger partial charge in [-0.05, 0) is 36.1 Å². The van der Waals surface area contributed by atoms with Crippen LogP contribution in [0.5, 0.6) is 5.75 Å². The van der Waals surface area contributed by atoms with E-state index in [1.165, 1.54) is 76.7 Å². The van der Waals surface area contributed by atoms with E-state index in [9.17, 15) is 14.7 Å². The van der Waals surface area contributed by atoms with Crippen LogP contribution in [0.1, 0.15) is 118 Å². The van der Waals surface area contributed by atoms with Crippen molar-refractivity contribution in [1.29, 1.82) is 0 Å². The molecule has 0 aliphatic rings. The van der Waals surface area contributed by atoms with E-state index in [0.29, 0.717) is 17.6 Å². The first-order valence-electron chi connectivity index (χ1n) is 15.0. The Labute approximate surface area is 244 Å². The molecule has 1 amide bonds. The van der Waals surface area contributed by atoms with Crippen molar-refractivity contribution in [2.75, 3.05) is 11.9 Å². The number of hydrogen-bond acceptors (Lipinski definition) is 4. The minimum atomic E-state index is -0.516. The number of nitrogens with one attached hydrogen (secondary N) is 1. The highest BCUT2D eigenvalue weighted by atomic mass is 35.5. The van der Waals surface area contributed by atoms with E-state index < -0.39 is 11.9 Å². The predicted molar refractivity (Wildman–Crippen MR) is 166 cm³/mol. The highest BCUT2D eigenvalue weighted by Crippen LogP contribution is 2.30. The lowest BCUT2D eigenvalue weighted by molar-refractivity contribution is 0.0497. The van der Waals surface area contributed by atoms with Crippen LogP contribution in [0.3, 0.4) is 0 Å². The van der Waals surface area contributed by atoms with Crippen molar-refractivity contribution < 1.29 is 19.4 Å². The summed E-state index contributed by atoms with van der Waals surface area (Å²) in [6.07, 6.45) is 17.8. The minimum Gasteiger partial charge on any atom is -0.506 e. The van der Waals surface area contributed by atoms with Gasteiger partial charge in [0.25, 0.3) is 5.91 Å². The van der Waals surface area contributed by atoms with Gasteiger partial charge in [0.2, 0.25) is 0 Å². The van der Waals surface area contributed by atoms with Gasteiger partial charge in [0.15, 0.2) is 0 Å². The fourth-order valence-corrected chi connectivity index (χ4v) is 5.09. The standard InChI is InChI=1S/C34H44ClNO4/c1-2-3-4-5-6-7-8-9-10-11-12-13-14-17-24-40-34(39)27-21-23-30(35)31(25-27)36-33(38)29-22-20-26-18-15-16-19-28(26)32(29)37/h15-16,18-23,25,37H,2-14,17,24H2,1H3,(H,36,38). The fourth-order valence-electron chi connectivity index (χ4n) is 4.92. The van der Waals surface area contributed by atoms with Crippen LogP contribution in [-0.4, -0.2) is 23.6 Å².